The molecular weight excluding hydrogens is 225 g/mol. The van der Waals surface area contributed by atoms with Gasteiger partial charge in [0.2, 0.25) is 0 Å². The summed E-state index contributed by atoms with van der Waals surface area (Å²) in [6, 6.07) is 5.02. The average Bonchev–Trinajstić information content (AvgIpc) is 2.32. The van der Waals surface area contributed by atoms with Crippen LogP contribution in [0, 0.1) is 18.7 Å². The van der Waals surface area contributed by atoms with Gasteiger partial charge in [-0.2, -0.15) is 0 Å². The van der Waals surface area contributed by atoms with E-state index in [0.717, 1.165) is 29.9 Å². The monoisotopic (exact) mass is 249 g/mol. The van der Waals surface area contributed by atoms with Crippen molar-refractivity contribution in [3.8, 4) is 0 Å². The fourth-order valence-corrected chi connectivity index (χ4v) is 3.34. The van der Waals surface area contributed by atoms with Gasteiger partial charge in [-0.3, -0.25) is 0 Å². The van der Waals surface area contributed by atoms with Gasteiger partial charge in [0.15, 0.2) is 0 Å². The molecule has 0 atom stereocenters. The zero-order valence-corrected chi connectivity index (χ0v) is 11.5. The van der Waals surface area contributed by atoms with Crippen LogP contribution in [0.4, 0.5) is 4.39 Å². The predicted molar refractivity (Wildman–Crippen MR) is 73.9 cm³/mol. The first-order chi connectivity index (χ1) is 8.55. The van der Waals surface area contributed by atoms with E-state index < -0.39 is 0 Å². The van der Waals surface area contributed by atoms with Crippen LogP contribution in [0.3, 0.4) is 0 Å². The van der Waals surface area contributed by atoms with Crippen molar-refractivity contribution in [3.05, 3.63) is 35.1 Å². The molecule has 0 heterocycles. The average molecular weight is 249 g/mol. The second kappa shape index (κ2) is 5.40. The Balaban J connectivity index is 2.13. The van der Waals surface area contributed by atoms with Crippen molar-refractivity contribution in [1.82, 2.24) is 0 Å². The van der Waals surface area contributed by atoms with Crippen molar-refractivity contribution in [1.29, 1.82) is 0 Å². The summed E-state index contributed by atoms with van der Waals surface area (Å²) in [6.07, 6.45) is 7.06. The molecule has 0 amide bonds. The largest absolute Gasteiger partial charge is 0.321 e. The summed E-state index contributed by atoms with van der Waals surface area (Å²) >= 11 is 0. The van der Waals surface area contributed by atoms with Crippen LogP contribution in [-0.2, 0) is 5.54 Å². The topological polar surface area (TPSA) is 26.0 Å². The lowest BCUT2D eigenvalue weighted by molar-refractivity contribution is 0.225. The van der Waals surface area contributed by atoms with E-state index >= 15 is 0 Å². The first kappa shape index (κ1) is 13.5. The molecule has 0 saturated heterocycles. The summed E-state index contributed by atoms with van der Waals surface area (Å²) in [6.45, 7) is 4.21. The number of aryl methyl sites for hydroxylation is 1. The highest BCUT2D eigenvalue weighted by atomic mass is 19.1. The molecule has 1 aromatic rings. The molecule has 0 bridgehead atoms. The van der Waals surface area contributed by atoms with Crippen LogP contribution < -0.4 is 5.73 Å². The van der Waals surface area contributed by atoms with Crippen LogP contribution in [0.25, 0.3) is 0 Å². The van der Waals surface area contributed by atoms with Gasteiger partial charge in [0.25, 0.3) is 0 Å². The van der Waals surface area contributed by atoms with Crippen molar-refractivity contribution in [2.75, 3.05) is 0 Å². The Bertz CT molecular complexity index is 406. The summed E-state index contributed by atoms with van der Waals surface area (Å²) < 4.78 is 13.2. The Morgan fingerprint density at radius 3 is 2.56 bits per heavy atom. The van der Waals surface area contributed by atoms with E-state index in [1.807, 2.05) is 13.0 Å². The molecule has 1 nitrogen and oxygen atoms in total. The fourth-order valence-electron chi connectivity index (χ4n) is 3.34. The highest BCUT2D eigenvalue weighted by molar-refractivity contribution is 5.33. The quantitative estimate of drug-likeness (QED) is 0.850. The molecule has 1 fully saturated rings. The van der Waals surface area contributed by atoms with Crippen molar-refractivity contribution < 1.29 is 4.39 Å². The van der Waals surface area contributed by atoms with E-state index in [2.05, 4.69) is 6.92 Å². The molecule has 0 unspecified atom stereocenters. The first-order valence-corrected chi connectivity index (χ1v) is 7.10. The van der Waals surface area contributed by atoms with E-state index in [9.17, 15) is 4.39 Å². The standard InChI is InChI=1S/C16H24FN/c1-3-4-13-7-9-16(18,10-8-13)15-6-5-14(17)11-12(15)2/h5-6,11,13H,3-4,7-10,18H2,1-2H3. The van der Waals surface area contributed by atoms with Gasteiger partial charge in [-0.1, -0.05) is 25.8 Å². The maximum absolute atomic E-state index is 13.2. The van der Waals surface area contributed by atoms with Gasteiger partial charge in [0.1, 0.15) is 5.82 Å². The zero-order chi connectivity index (χ0) is 13.2. The van der Waals surface area contributed by atoms with Crippen LogP contribution in [0.2, 0.25) is 0 Å². The van der Waals surface area contributed by atoms with Gasteiger partial charge in [-0.15, -0.1) is 0 Å². The SMILES string of the molecule is CCCC1CCC(N)(c2ccc(F)cc2C)CC1. The molecule has 0 aromatic heterocycles. The molecule has 1 saturated carbocycles. The molecule has 1 aliphatic rings. The Hall–Kier alpha value is -0.890. The van der Waals surface area contributed by atoms with Crippen LogP contribution >= 0.6 is 0 Å². The number of hydrogen-bond donors (Lipinski definition) is 1. The molecular formula is C16H24FN. The number of nitrogens with two attached hydrogens (primary N) is 1. The highest BCUT2D eigenvalue weighted by Crippen LogP contribution is 2.40. The molecule has 0 spiro atoms. The minimum atomic E-state index is -0.234. The zero-order valence-electron chi connectivity index (χ0n) is 11.5. The Kier molecular flexibility index (Phi) is 4.06. The summed E-state index contributed by atoms with van der Waals surface area (Å²) in [4.78, 5) is 0. The smallest absolute Gasteiger partial charge is 0.123 e. The fraction of sp³-hybridized carbons (Fsp3) is 0.625. The van der Waals surface area contributed by atoms with Gasteiger partial charge in [-0.25, -0.2) is 4.39 Å². The van der Waals surface area contributed by atoms with Crippen LogP contribution in [-0.4, -0.2) is 0 Å². The Morgan fingerprint density at radius 1 is 1.33 bits per heavy atom. The van der Waals surface area contributed by atoms with Crippen molar-refractivity contribution >= 4 is 0 Å². The van der Waals surface area contributed by atoms with E-state index in [-0.39, 0.29) is 11.4 Å². The number of hydrogen-bond acceptors (Lipinski definition) is 1. The Morgan fingerprint density at radius 2 is 2.00 bits per heavy atom. The van der Waals surface area contributed by atoms with E-state index in [1.165, 1.54) is 31.7 Å². The summed E-state index contributed by atoms with van der Waals surface area (Å²) in [5.74, 6) is 0.673. The lowest BCUT2D eigenvalue weighted by Gasteiger charge is -2.38. The molecule has 2 heteroatoms. The van der Waals surface area contributed by atoms with Crippen LogP contribution in [0.1, 0.15) is 56.6 Å². The lowest BCUT2D eigenvalue weighted by atomic mass is 9.71. The molecule has 1 aromatic carbocycles. The van der Waals surface area contributed by atoms with E-state index in [0.29, 0.717) is 0 Å². The lowest BCUT2D eigenvalue weighted by Crippen LogP contribution is -2.41. The van der Waals surface area contributed by atoms with Gasteiger partial charge in [0, 0.05) is 5.54 Å². The second-order valence-corrected chi connectivity index (χ2v) is 5.85. The third-order valence-corrected chi connectivity index (χ3v) is 4.42. The third kappa shape index (κ3) is 2.74. The summed E-state index contributed by atoms with van der Waals surface area (Å²) in [7, 11) is 0. The normalized spacial score (nSPS) is 28.3. The number of benzene rings is 1. The summed E-state index contributed by atoms with van der Waals surface area (Å²) in [5.41, 5.74) is 8.46. The Labute approximate surface area is 110 Å². The van der Waals surface area contributed by atoms with Gasteiger partial charge in [-0.05, 0) is 61.8 Å². The highest BCUT2D eigenvalue weighted by Gasteiger charge is 2.33. The number of halogens is 1. The molecule has 18 heavy (non-hydrogen) atoms. The predicted octanol–water partition coefficient (Wildman–Crippen LogP) is 4.28. The molecule has 1 aliphatic carbocycles. The maximum Gasteiger partial charge on any atom is 0.123 e. The van der Waals surface area contributed by atoms with Crippen molar-refractivity contribution in [2.24, 2.45) is 11.7 Å². The first-order valence-electron chi connectivity index (χ1n) is 7.10. The molecule has 2 N–H and O–H groups in total. The van der Waals surface area contributed by atoms with Gasteiger partial charge < -0.3 is 5.73 Å². The second-order valence-electron chi connectivity index (χ2n) is 5.85. The van der Waals surface area contributed by atoms with Crippen LogP contribution in [0.15, 0.2) is 18.2 Å². The minimum absolute atomic E-state index is 0.167. The van der Waals surface area contributed by atoms with E-state index in [4.69, 9.17) is 5.73 Å². The molecule has 2 rings (SSSR count). The molecule has 100 valence electrons. The molecule has 0 radical (unpaired) electrons. The van der Waals surface area contributed by atoms with Gasteiger partial charge >= 0.3 is 0 Å². The minimum Gasteiger partial charge on any atom is -0.321 e. The summed E-state index contributed by atoms with van der Waals surface area (Å²) in [5, 5.41) is 0. The van der Waals surface area contributed by atoms with Crippen molar-refractivity contribution in [2.45, 2.75) is 57.9 Å². The molecule has 0 aliphatic heterocycles. The van der Waals surface area contributed by atoms with Crippen LogP contribution in [0.5, 0.6) is 0 Å². The van der Waals surface area contributed by atoms with Crippen molar-refractivity contribution in [3.63, 3.8) is 0 Å². The third-order valence-electron chi connectivity index (χ3n) is 4.42. The maximum atomic E-state index is 13.2. The number of rotatable bonds is 3. The van der Waals surface area contributed by atoms with E-state index in [1.54, 1.807) is 6.07 Å². The van der Waals surface area contributed by atoms with Gasteiger partial charge in [0.05, 0.1) is 0 Å².